The summed E-state index contributed by atoms with van der Waals surface area (Å²) < 4.78 is 5.39. The van der Waals surface area contributed by atoms with Gasteiger partial charge in [0.15, 0.2) is 6.54 Å². The van der Waals surface area contributed by atoms with E-state index in [0.29, 0.717) is 24.2 Å². The average molecular weight is 160 g/mol. The molecule has 1 saturated heterocycles. The van der Waals surface area contributed by atoms with Gasteiger partial charge < -0.3 is 14.3 Å². The SMILES string of the molecule is C[N+]1(CCO)CCOC(=O)C1. The monoisotopic (exact) mass is 160 g/mol. The van der Waals surface area contributed by atoms with Gasteiger partial charge in [-0.2, -0.15) is 0 Å². The smallest absolute Gasteiger partial charge is 0.361 e. The van der Waals surface area contributed by atoms with E-state index >= 15 is 0 Å². The molecule has 0 aliphatic carbocycles. The number of aliphatic hydroxyl groups excluding tert-OH is 1. The predicted octanol–water partition coefficient (Wildman–Crippen LogP) is -1.02. The summed E-state index contributed by atoms with van der Waals surface area (Å²) in [7, 11) is 1.96. The highest BCUT2D eigenvalue weighted by atomic mass is 16.5. The summed E-state index contributed by atoms with van der Waals surface area (Å²) in [5.74, 6) is -0.160. The molecule has 4 nitrogen and oxygen atoms in total. The molecule has 0 bridgehead atoms. The zero-order valence-electron chi connectivity index (χ0n) is 6.75. The number of carbonyl (C=O) groups excluding carboxylic acids is 1. The summed E-state index contributed by atoms with van der Waals surface area (Å²) >= 11 is 0. The van der Waals surface area contributed by atoms with Gasteiger partial charge in [0.25, 0.3) is 0 Å². The Labute approximate surface area is 66.0 Å². The number of quaternary nitrogens is 1. The lowest BCUT2D eigenvalue weighted by Crippen LogP contribution is -2.55. The first-order valence-electron chi connectivity index (χ1n) is 3.76. The number of esters is 1. The van der Waals surface area contributed by atoms with Gasteiger partial charge in [0.05, 0.1) is 13.7 Å². The largest absolute Gasteiger partial charge is 0.456 e. The van der Waals surface area contributed by atoms with Crippen LogP contribution >= 0.6 is 0 Å². The fourth-order valence-corrected chi connectivity index (χ4v) is 1.25. The zero-order valence-corrected chi connectivity index (χ0v) is 6.75. The summed E-state index contributed by atoms with van der Waals surface area (Å²) in [6.45, 7) is 2.45. The van der Waals surface area contributed by atoms with Crippen LogP contribution in [0.5, 0.6) is 0 Å². The van der Waals surface area contributed by atoms with Crippen LogP contribution in [-0.2, 0) is 9.53 Å². The summed E-state index contributed by atoms with van der Waals surface area (Å²) in [5.41, 5.74) is 0. The highest BCUT2D eigenvalue weighted by Gasteiger charge is 2.30. The third-order valence-corrected chi connectivity index (χ3v) is 2.04. The number of carbonyl (C=O) groups is 1. The topological polar surface area (TPSA) is 46.5 Å². The van der Waals surface area contributed by atoms with Crippen LogP contribution in [0, 0.1) is 0 Å². The normalized spacial score (nSPS) is 31.6. The first-order valence-corrected chi connectivity index (χ1v) is 3.76. The standard InChI is InChI=1S/C7H14NO3/c1-8(2-4-9)3-5-11-7(10)6-8/h9H,2-6H2,1H3/q+1. The Morgan fingerprint density at radius 1 is 1.73 bits per heavy atom. The number of hydrogen-bond donors (Lipinski definition) is 1. The van der Waals surface area contributed by atoms with Gasteiger partial charge in [-0.25, -0.2) is 4.79 Å². The molecule has 1 atom stereocenters. The fraction of sp³-hybridized carbons (Fsp3) is 0.857. The van der Waals surface area contributed by atoms with Crippen LogP contribution in [0.3, 0.4) is 0 Å². The van der Waals surface area contributed by atoms with E-state index in [1.54, 1.807) is 0 Å². The Morgan fingerprint density at radius 3 is 3.00 bits per heavy atom. The molecule has 1 aliphatic heterocycles. The zero-order chi connectivity index (χ0) is 8.32. The lowest BCUT2D eigenvalue weighted by Gasteiger charge is -2.35. The van der Waals surface area contributed by atoms with Crippen LogP contribution in [0.4, 0.5) is 0 Å². The lowest BCUT2D eigenvalue weighted by atomic mass is 10.3. The van der Waals surface area contributed by atoms with Gasteiger partial charge in [-0.15, -0.1) is 0 Å². The first kappa shape index (κ1) is 8.49. The van der Waals surface area contributed by atoms with E-state index in [4.69, 9.17) is 9.84 Å². The molecule has 1 heterocycles. The summed E-state index contributed by atoms with van der Waals surface area (Å²) in [6.07, 6.45) is 0. The Hall–Kier alpha value is -0.610. The molecule has 4 heteroatoms. The van der Waals surface area contributed by atoms with Gasteiger partial charge in [-0.3, -0.25) is 0 Å². The van der Waals surface area contributed by atoms with E-state index in [-0.39, 0.29) is 12.6 Å². The molecule has 0 aromatic rings. The Morgan fingerprint density at radius 2 is 2.45 bits per heavy atom. The minimum atomic E-state index is -0.160. The minimum Gasteiger partial charge on any atom is -0.456 e. The van der Waals surface area contributed by atoms with Crippen LogP contribution in [-0.4, -0.2) is 55.5 Å². The fourth-order valence-electron chi connectivity index (χ4n) is 1.25. The van der Waals surface area contributed by atoms with E-state index in [2.05, 4.69) is 0 Å². The Balaban J connectivity index is 2.48. The van der Waals surface area contributed by atoms with E-state index in [1.165, 1.54) is 0 Å². The van der Waals surface area contributed by atoms with E-state index < -0.39 is 0 Å². The molecule has 0 saturated carbocycles. The second kappa shape index (κ2) is 3.19. The van der Waals surface area contributed by atoms with Crippen molar-refractivity contribution in [3.05, 3.63) is 0 Å². The molecule has 11 heavy (non-hydrogen) atoms. The molecule has 1 unspecified atom stereocenters. The number of likely N-dealkylation sites (N-methyl/N-ethyl adjacent to an activating group) is 1. The number of ether oxygens (including phenoxy) is 1. The molecule has 0 radical (unpaired) electrons. The van der Waals surface area contributed by atoms with Crippen LogP contribution in [0.1, 0.15) is 0 Å². The van der Waals surface area contributed by atoms with Crippen LogP contribution in [0.15, 0.2) is 0 Å². The van der Waals surface area contributed by atoms with Gasteiger partial charge in [0.2, 0.25) is 0 Å². The van der Waals surface area contributed by atoms with Gasteiger partial charge in [-0.05, 0) is 0 Å². The van der Waals surface area contributed by atoms with Gasteiger partial charge in [0.1, 0.15) is 19.7 Å². The minimum absolute atomic E-state index is 0.129. The molecule has 0 aromatic carbocycles. The van der Waals surface area contributed by atoms with E-state index in [1.807, 2.05) is 7.05 Å². The number of aliphatic hydroxyl groups is 1. The number of cyclic esters (lactones) is 1. The van der Waals surface area contributed by atoms with Crippen molar-refractivity contribution in [3.63, 3.8) is 0 Å². The molecule has 0 aromatic heterocycles. The highest BCUT2D eigenvalue weighted by molar-refractivity contribution is 5.71. The number of rotatable bonds is 2. The molecule has 1 N–H and O–H groups in total. The third kappa shape index (κ3) is 2.17. The van der Waals surface area contributed by atoms with Crippen molar-refractivity contribution in [2.24, 2.45) is 0 Å². The molecule has 0 amide bonds. The lowest BCUT2D eigenvalue weighted by molar-refractivity contribution is -0.907. The molecular formula is C7H14NO3+. The number of hydrogen-bond acceptors (Lipinski definition) is 3. The number of nitrogens with zero attached hydrogens (tertiary/aromatic N) is 1. The Kier molecular flexibility index (Phi) is 2.46. The molecule has 1 aliphatic rings. The van der Waals surface area contributed by atoms with E-state index in [0.717, 1.165) is 6.54 Å². The predicted molar refractivity (Wildman–Crippen MR) is 38.8 cm³/mol. The van der Waals surface area contributed by atoms with Crippen molar-refractivity contribution in [2.75, 3.05) is 39.9 Å². The van der Waals surface area contributed by atoms with Gasteiger partial charge in [0, 0.05) is 0 Å². The molecule has 0 spiro atoms. The van der Waals surface area contributed by atoms with Crippen LogP contribution in [0.25, 0.3) is 0 Å². The first-order chi connectivity index (χ1) is 5.16. The second-order valence-electron chi connectivity index (χ2n) is 3.17. The third-order valence-electron chi connectivity index (χ3n) is 2.04. The van der Waals surface area contributed by atoms with Crippen LogP contribution in [0.2, 0.25) is 0 Å². The van der Waals surface area contributed by atoms with Crippen molar-refractivity contribution in [2.45, 2.75) is 0 Å². The van der Waals surface area contributed by atoms with Crippen molar-refractivity contribution in [1.82, 2.24) is 0 Å². The van der Waals surface area contributed by atoms with Crippen molar-refractivity contribution < 1.29 is 19.1 Å². The van der Waals surface area contributed by atoms with Crippen molar-refractivity contribution in [3.8, 4) is 0 Å². The summed E-state index contributed by atoms with van der Waals surface area (Å²) in [6, 6.07) is 0. The van der Waals surface area contributed by atoms with Gasteiger partial charge in [-0.1, -0.05) is 0 Å². The molecular weight excluding hydrogens is 146 g/mol. The van der Waals surface area contributed by atoms with Crippen molar-refractivity contribution >= 4 is 5.97 Å². The maximum Gasteiger partial charge on any atom is 0.361 e. The maximum absolute atomic E-state index is 10.8. The Bertz CT molecular complexity index is 156. The number of morpholine rings is 1. The highest BCUT2D eigenvalue weighted by Crippen LogP contribution is 2.06. The van der Waals surface area contributed by atoms with Gasteiger partial charge >= 0.3 is 5.97 Å². The molecule has 64 valence electrons. The summed E-state index contributed by atoms with van der Waals surface area (Å²) in [5, 5.41) is 8.70. The maximum atomic E-state index is 10.8. The van der Waals surface area contributed by atoms with Crippen molar-refractivity contribution in [1.29, 1.82) is 0 Å². The van der Waals surface area contributed by atoms with E-state index in [9.17, 15) is 4.79 Å². The second-order valence-corrected chi connectivity index (χ2v) is 3.17. The summed E-state index contributed by atoms with van der Waals surface area (Å²) in [4.78, 5) is 10.8. The molecule has 1 rings (SSSR count). The molecule has 1 fully saturated rings. The average Bonchev–Trinajstić information content (AvgIpc) is 1.86. The van der Waals surface area contributed by atoms with Crippen LogP contribution < -0.4 is 0 Å². The quantitative estimate of drug-likeness (QED) is 0.415.